The van der Waals surface area contributed by atoms with E-state index < -0.39 is 0 Å². The molecule has 0 bridgehead atoms. The standard InChI is InChI=1S/C6H11BrO2/c1-3-4-5(7)6(8)9-2/h5H,3-4H2,1-2H3/t5-/m0/s1. The van der Waals surface area contributed by atoms with E-state index >= 15 is 0 Å². The zero-order valence-electron chi connectivity index (χ0n) is 5.69. The van der Waals surface area contributed by atoms with Crippen molar-refractivity contribution >= 4 is 21.9 Å². The van der Waals surface area contributed by atoms with Crippen LogP contribution in [0.15, 0.2) is 0 Å². The molecule has 0 aliphatic heterocycles. The maximum Gasteiger partial charge on any atom is 0.319 e. The number of halogens is 1. The quantitative estimate of drug-likeness (QED) is 0.506. The highest BCUT2D eigenvalue weighted by molar-refractivity contribution is 9.10. The fraction of sp³-hybridized carbons (Fsp3) is 0.833. The van der Waals surface area contributed by atoms with Crippen molar-refractivity contribution in [1.82, 2.24) is 0 Å². The first-order chi connectivity index (χ1) is 4.22. The second-order valence-corrected chi connectivity index (χ2v) is 2.88. The van der Waals surface area contributed by atoms with Crippen LogP contribution in [0.1, 0.15) is 19.8 Å². The van der Waals surface area contributed by atoms with Crippen molar-refractivity contribution in [2.45, 2.75) is 24.6 Å². The summed E-state index contributed by atoms with van der Waals surface area (Å²) in [6.45, 7) is 2.02. The van der Waals surface area contributed by atoms with Gasteiger partial charge in [0.25, 0.3) is 0 Å². The average Bonchev–Trinajstić information content (AvgIpc) is 1.87. The molecule has 0 rings (SSSR count). The number of carbonyl (C=O) groups excluding carboxylic acids is 1. The van der Waals surface area contributed by atoms with E-state index in [1.54, 1.807) is 0 Å². The van der Waals surface area contributed by atoms with E-state index in [1.807, 2.05) is 6.92 Å². The zero-order chi connectivity index (χ0) is 7.28. The first-order valence-corrected chi connectivity index (χ1v) is 3.85. The van der Waals surface area contributed by atoms with Crippen LogP contribution in [0.4, 0.5) is 0 Å². The molecule has 2 nitrogen and oxygen atoms in total. The third-order valence-electron chi connectivity index (χ3n) is 0.999. The van der Waals surface area contributed by atoms with Gasteiger partial charge in [0.15, 0.2) is 0 Å². The van der Waals surface area contributed by atoms with Gasteiger partial charge < -0.3 is 4.74 Å². The number of methoxy groups -OCH3 is 1. The van der Waals surface area contributed by atoms with Crippen molar-refractivity contribution < 1.29 is 9.53 Å². The first-order valence-electron chi connectivity index (χ1n) is 2.94. The Kier molecular flexibility index (Phi) is 4.77. The molecule has 0 aromatic carbocycles. The van der Waals surface area contributed by atoms with Crippen LogP contribution in [0.5, 0.6) is 0 Å². The van der Waals surface area contributed by atoms with Crippen LogP contribution in [-0.4, -0.2) is 17.9 Å². The van der Waals surface area contributed by atoms with Crippen LogP contribution >= 0.6 is 15.9 Å². The molecule has 9 heavy (non-hydrogen) atoms. The molecule has 0 aliphatic carbocycles. The second kappa shape index (κ2) is 4.79. The lowest BCUT2D eigenvalue weighted by atomic mass is 10.2. The molecule has 1 atom stereocenters. The summed E-state index contributed by atoms with van der Waals surface area (Å²) in [5.41, 5.74) is 0. The Hall–Kier alpha value is -0.0500. The van der Waals surface area contributed by atoms with E-state index in [0.29, 0.717) is 0 Å². The van der Waals surface area contributed by atoms with Gasteiger partial charge in [-0.15, -0.1) is 0 Å². The fourth-order valence-electron chi connectivity index (χ4n) is 0.499. The van der Waals surface area contributed by atoms with E-state index in [-0.39, 0.29) is 10.8 Å². The van der Waals surface area contributed by atoms with Gasteiger partial charge in [0.05, 0.1) is 7.11 Å². The SMILES string of the molecule is CCC[C@H](Br)C(=O)OC. The maximum atomic E-state index is 10.6. The van der Waals surface area contributed by atoms with Gasteiger partial charge in [-0.1, -0.05) is 29.3 Å². The van der Waals surface area contributed by atoms with Crippen LogP contribution in [0.3, 0.4) is 0 Å². The number of ether oxygens (including phenoxy) is 1. The number of esters is 1. The Morgan fingerprint density at radius 3 is 2.67 bits per heavy atom. The lowest BCUT2D eigenvalue weighted by molar-refractivity contribution is -0.139. The minimum Gasteiger partial charge on any atom is -0.468 e. The van der Waals surface area contributed by atoms with Gasteiger partial charge in [0.2, 0.25) is 0 Å². The topological polar surface area (TPSA) is 26.3 Å². The lowest BCUT2D eigenvalue weighted by Gasteiger charge is -2.03. The predicted octanol–water partition coefficient (Wildman–Crippen LogP) is 1.72. The Balaban J connectivity index is 3.45. The van der Waals surface area contributed by atoms with Crippen molar-refractivity contribution in [1.29, 1.82) is 0 Å². The molecule has 0 radical (unpaired) electrons. The van der Waals surface area contributed by atoms with Gasteiger partial charge >= 0.3 is 5.97 Å². The first kappa shape index (κ1) is 8.95. The monoisotopic (exact) mass is 194 g/mol. The Morgan fingerprint density at radius 1 is 1.78 bits per heavy atom. The molecule has 0 aromatic heterocycles. The summed E-state index contributed by atoms with van der Waals surface area (Å²) in [5.74, 6) is -0.183. The molecular formula is C6H11BrO2. The summed E-state index contributed by atoms with van der Waals surface area (Å²) >= 11 is 3.19. The summed E-state index contributed by atoms with van der Waals surface area (Å²) in [7, 11) is 1.40. The summed E-state index contributed by atoms with van der Waals surface area (Å²) < 4.78 is 4.48. The third kappa shape index (κ3) is 3.51. The number of hydrogen-bond donors (Lipinski definition) is 0. The number of rotatable bonds is 3. The van der Waals surface area contributed by atoms with Gasteiger partial charge in [0.1, 0.15) is 4.83 Å². The molecule has 0 spiro atoms. The Morgan fingerprint density at radius 2 is 2.33 bits per heavy atom. The molecule has 0 fully saturated rings. The van der Waals surface area contributed by atoms with Crippen LogP contribution < -0.4 is 0 Å². The van der Waals surface area contributed by atoms with Crippen molar-refractivity contribution in [3.63, 3.8) is 0 Å². The highest BCUT2D eigenvalue weighted by atomic mass is 79.9. The van der Waals surface area contributed by atoms with E-state index in [0.717, 1.165) is 12.8 Å². The molecule has 54 valence electrons. The van der Waals surface area contributed by atoms with Crippen LogP contribution in [0.2, 0.25) is 0 Å². The summed E-state index contributed by atoms with van der Waals surface area (Å²) in [4.78, 5) is 10.5. The van der Waals surface area contributed by atoms with Crippen LogP contribution in [-0.2, 0) is 9.53 Å². The lowest BCUT2D eigenvalue weighted by Crippen LogP contribution is -2.14. The van der Waals surface area contributed by atoms with E-state index in [9.17, 15) is 4.79 Å². The van der Waals surface area contributed by atoms with Crippen molar-refractivity contribution in [3.05, 3.63) is 0 Å². The molecule has 0 N–H and O–H groups in total. The molecule has 0 saturated heterocycles. The number of hydrogen-bond acceptors (Lipinski definition) is 2. The second-order valence-electron chi connectivity index (χ2n) is 1.78. The van der Waals surface area contributed by atoms with Gasteiger partial charge in [-0.05, 0) is 6.42 Å². The summed E-state index contributed by atoms with van der Waals surface area (Å²) in [6, 6.07) is 0. The largest absolute Gasteiger partial charge is 0.468 e. The molecule has 0 heterocycles. The highest BCUT2D eigenvalue weighted by Gasteiger charge is 2.12. The van der Waals surface area contributed by atoms with Gasteiger partial charge in [0, 0.05) is 0 Å². The average molecular weight is 195 g/mol. The molecule has 0 unspecified atom stereocenters. The molecular weight excluding hydrogens is 184 g/mol. The maximum absolute atomic E-state index is 10.6. The van der Waals surface area contributed by atoms with Gasteiger partial charge in [-0.3, -0.25) is 4.79 Å². The Bertz CT molecular complexity index is 93.1. The predicted molar refractivity (Wildman–Crippen MR) is 39.6 cm³/mol. The zero-order valence-corrected chi connectivity index (χ0v) is 7.27. The Labute approximate surface area is 63.7 Å². The van der Waals surface area contributed by atoms with Gasteiger partial charge in [-0.2, -0.15) is 0 Å². The normalized spacial score (nSPS) is 12.8. The minimum atomic E-state index is -0.183. The third-order valence-corrected chi connectivity index (χ3v) is 1.83. The van der Waals surface area contributed by atoms with E-state index in [4.69, 9.17) is 0 Å². The van der Waals surface area contributed by atoms with Crippen LogP contribution in [0, 0.1) is 0 Å². The van der Waals surface area contributed by atoms with E-state index in [2.05, 4.69) is 20.7 Å². The number of carbonyl (C=O) groups is 1. The summed E-state index contributed by atoms with van der Waals surface area (Å²) in [6.07, 6.45) is 1.83. The molecule has 0 saturated carbocycles. The van der Waals surface area contributed by atoms with Gasteiger partial charge in [-0.25, -0.2) is 0 Å². The summed E-state index contributed by atoms with van der Waals surface area (Å²) in [5, 5.41) is 0. The smallest absolute Gasteiger partial charge is 0.319 e. The van der Waals surface area contributed by atoms with Crippen molar-refractivity contribution in [2.24, 2.45) is 0 Å². The minimum absolute atomic E-state index is 0.118. The molecule has 0 aromatic rings. The highest BCUT2D eigenvalue weighted by Crippen LogP contribution is 2.08. The van der Waals surface area contributed by atoms with Crippen molar-refractivity contribution in [3.8, 4) is 0 Å². The van der Waals surface area contributed by atoms with E-state index in [1.165, 1.54) is 7.11 Å². The van der Waals surface area contributed by atoms with Crippen LogP contribution in [0.25, 0.3) is 0 Å². The molecule has 0 aliphatic rings. The molecule has 3 heteroatoms. The number of alkyl halides is 1. The molecule has 0 amide bonds. The fourth-order valence-corrected chi connectivity index (χ4v) is 1.14. The van der Waals surface area contributed by atoms with Crippen molar-refractivity contribution in [2.75, 3.05) is 7.11 Å².